The van der Waals surface area contributed by atoms with E-state index in [0.717, 1.165) is 27.7 Å². The predicted octanol–water partition coefficient (Wildman–Crippen LogP) is 4.28. The molecule has 1 amide bonds. The van der Waals surface area contributed by atoms with E-state index in [0.29, 0.717) is 24.5 Å². The summed E-state index contributed by atoms with van der Waals surface area (Å²) in [6, 6.07) is 14.1. The van der Waals surface area contributed by atoms with Crippen LogP contribution in [0.25, 0.3) is 28.2 Å². The van der Waals surface area contributed by atoms with Gasteiger partial charge in [0.1, 0.15) is 22.7 Å². The van der Waals surface area contributed by atoms with Crippen molar-refractivity contribution in [2.45, 2.75) is 0 Å². The van der Waals surface area contributed by atoms with Crippen molar-refractivity contribution in [2.75, 3.05) is 27.3 Å². The summed E-state index contributed by atoms with van der Waals surface area (Å²) in [7, 11) is 5.24. The van der Waals surface area contributed by atoms with E-state index in [9.17, 15) is 14.7 Å². The van der Waals surface area contributed by atoms with E-state index in [4.69, 9.17) is 9.47 Å². The number of amides is 1. The highest BCUT2D eigenvalue weighted by molar-refractivity contribution is 6.17. The maximum Gasteiger partial charge on any atom is 0.253 e. The number of pyridine rings is 1. The highest BCUT2D eigenvalue weighted by Crippen LogP contribution is 2.39. The van der Waals surface area contributed by atoms with Crippen LogP contribution in [-0.4, -0.2) is 58.6 Å². The Morgan fingerprint density at radius 2 is 1.97 bits per heavy atom. The second-order valence-corrected chi connectivity index (χ2v) is 8.64. The van der Waals surface area contributed by atoms with Gasteiger partial charge in [0.2, 0.25) is 5.78 Å². The minimum atomic E-state index is -0.369. The lowest BCUT2D eigenvalue weighted by Gasteiger charge is -2.16. The van der Waals surface area contributed by atoms with Crippen LogP contribution in [-0.2, 0) is 11.8 Å². The monoisotopic (exact) mass is 483 g/mol. The summed E-state index contributed by atoms with van der Waals surface area (Å²) >= 11 is 0. The third-order valence-corrected chi connectivity index (χ3v) is 6.27. The van der Waals surface area contributed by atoms with E-state index in [1.54, 1.807) is 55.6 Å². The molecule has 0 unspecified atom stereocenters. The molecule has 4 aromatic rings. The number of hydrogen-bond acceptors (Lipinski definition) is 6. The van der Waals surface area contributed by atoms with E-state index in [1.165, 1.54) is 6.07 Å². The number of phenolic OH excluding ortho intramolecular Hbond substituents is 1. The molecule has 0 spiro atoms. The van der Waals surface area contributed by atoms with Crippen LogP contribution in [0.4, 0.5) is 0 Å². The molecule has 0 radical (unpaired) electrons. The summed E-state index contributed by atoms with van der Waals surface area (Å²) in [5.41, 5.74) is 4.06. The number of methoxy groups -OCH3 is 1. The van der Waals surface area contributed by atoms with Crippen LogP contribution in [0.3, 0.4) is 0 Å². The van der Waals surface area contributed by atoms with Crippen molar-refractivity contribution >= 4 is 28.8 Å². The molecule has 0 aliphatic carbocycles. The van der Waals surface area contributed by atoms with Crippen LogP contribution in [0.15, 0.2) is 66.7 Å². The van der Waals surface area contributed by atoms with Gasteiger partial charge in [0.25, 0.3) is 5.91 Å². The first kappa shape index (κ1) is 23.3. The Morgan fingerprint density at radius 3 is 2.69 bits per heavy atom. The second-order valence-electron chi connectivity index (χ2n) is 8.64. The minimum absolute atomic E-state index is 0.0803. The van der Waals surface area contributed by atoms with Gasteiger partial charge in [-0.05, 0) is 47.5 Å². The molecule has 1 aliphatic rings. The molecule has 1 aliphatic heterocycles. The van der Waals surface area contributed by atoms with Crippen molar-refractivity contribution in [3.8, 4) is 22.6 Å². The summed E-state index contributed by atoms with van der Waals surface area (Å²) in [6.45, 7) is 0.977. The van der Waals surface area contributed by atoms with Gasteiger partial charge >= 0.3 is 0 Å². The average Bonchev–Trinajstić information content (AvgIpc) is 3.39. The number of allylic oxidation sites excluding steroid dienone is 1. The topological polar surface area (TPSA) is 93.9 Å². The smallest absolute Gasteiger partial charge is 0.253 e. The fourth-order valence-electron chi connectivity index (χ4n) is 4.39. The SMILES string of the molecule is COCCN(C)C(=O)c1ccc(-c2ccnc3c2c(/C=C2\Oc4cccc(O)c4C2=O)cn3C)cc1. The van der Waals surface area contributed by atoms with Crippen LogP contribution >= 0.6 is 0 Å². The molecule has 8 heteroatoms. The number of nitrogens with zero attached hydrogens (tertiary/aromatic N) is 3. The maximum absolute atomic E-state index is 12.9. The number of phenols is 1. The number of aromatic nitrogens is 2. The summed E-state index contributed by atoms with van der Waals surface area (Å²) in [4.78, 5) is 31.8. The zero-order valence-electron chi connectivity index (χ0n) is 20.2. The average molecular weight is 484 g/mol. The first-order valence-corrected chi connectivity index (χ1v) is 11.4. The molecule has 0 saturated heterocycles. The number of carbonyl (C=O) groups excluding carboxylic acids is 2. The summed E-state index contributed by atoms with van der Waals surface area (Å²) in [5, 5.41) is 11.0. The minimum Gasteiger partial charge on any atom is -0.507 e. The molecule has 2 aromatic carbocycles. The van der Waals surface area contributed by atoms with E-state index in [1.807, 2.05) is 36.0 Å². The van der Waals surface area contributed by atoms with Gasteiger partial charge in [0.05, 0.1) is 6.61 Å². The first-order valence-electron chi connectivity index (χ1n) is 11.4. The maximum atomic E-state index is 12.9. The number of benzene rings is 2. The number of Topliss-reactive ketones (excluding diaryl/α,β-unsaturated/α-hetero) is 1. The quantitative estimate of drug-likeness (QED) is 0.412. The highest BCUT2D eigenvalue weighted by Gasteiger charge is 2.30. The number of rotatable bonds is 6. The lowest BCUT2D eigenvalue weighted by Crippen LogP contribution is -2.29. The number of aryl methyl sites for hydroxylation is 1. The van der Waals surface area contributed by atoms with E-state index >= 15 is 0 Å². The molecular weight excluding hydrogens is 458 g/mol. The molecule has 0 saturated carbocycles. The number of aromatic hydroxyl groups is 1. The Labute approximate surface area is 208 Å². The van der Waals surface area contributed by atoms with Gasteiger partial charge in [-0.15, -0.1) is 0 Å². The number of ether oxygens (including phenoxy) is 2. The van der Waals surface area contributed by atoms with Crippen molar-refractivity contribution in [1.29, 1.82) is 0 Å². The van der Waals surface area contributed by atoms with Crippen LogP contribution in [0.5, 0.6) is 11.5 Å². The Bertz CT molecular complexity index is 1520. The number of fused-ring (bicyclic) bond motifs is 2. The normalized spacial score (nSPS) is 13.8. The number of carbonyl (C=O) groups is 2. The standard InChI is InChI=1S/C28H25N3O5/c1-30(13-14-35-3)28(34)18-9-7-17(8-10-18)20-11-12-29-27-24(20)19(16-31(27)2)15-23-26(33)25-21(32)5-4-6-22(25)36-23/h4-12,15-16,32H,13-14H2,1-3H3/b23-15-. The molecule has 0 bridgehead atoms. The fourth-order valence-corrected chi connectivity index (χ4v) is 4.39. The Balaban J connectivity index is 1.53. The zero-order chi connectivity index (χ0) is 25.4. The first-order chi connectivity index (χ1) is 17.4. The van der Waals surface area contributed by atoms with Crippen molar-refractivity contribution in [2.24, 2.45) is 7.05 Å². The van der Waals surface area contributed by atoms with Crippen LogP contribution in [0, 0.1) is 0 Å². The molecule has 2 aromatic heterocycles. The van der Waals surface area contributed by atoms with Crippen molar-refractivity contribution in [1.82, 2.24) is 14.5 Å². The van der Waals surface area contributed by atoms with Crippen molar-refractivity contribution < 1.29 is 24.2 Å². The Kier molecular flexibility index (Phi) is 6.03. The lowest BCUT2D eigenvalue weighted by molar-refractivity contribution is 0.0744. The van der Waals surface area contributed by atoms with E-state index < -0.39 is 0 Å². The van der Waals surface area contributed by atoms with Gasteiger partial charge in [-0.1, -0.05) is 18.2 Å². The predicted molar refractivity (Wildman–Crippen MR) is 136 cm³/mol. The molecule has 0 fully saturated rings. The molecule has 1 N–H and O–H groups in total. The summed E-state index contributed by atoms with van der Waals surface area (Å²) < 4.78 is 12.7. The zero-order valence-corrected chi connectivity index (χ0v) is 20.2. The van der Waals surface area contributed by atoms with Gasteiger partial charge in [-0.2, -0.15) is 0 Å². The fraction of sp³-hybridized carbons (Fsp3) is 0.179. The Hall–Kier alpha value is -4.43. The Morgan fingerprint density at radius 1 is 1.19 bits per heavy atom. The molecule has 0 atom stereocenters. The second kappa shape index (κ2) is 9.31. The number of hydrogen-bond donors (Lipinski definition) is 1. The van der Waals surface area contributed by atoms with Gasteiger partial charge in [0.15, 0.2) is 5.76 Å². The molecule has 36 heavy (non-hydrogen) atoms. The van der Waals surface area contributed by atoms with Crippen LogP contribution in [0.1, 0.15) is 26.3 Å². The molecule has 5 rings (SSSR count). The van der Waals surface area contributed by atoms with E-state index in [-0.39, 0.29) is 28.8 Å². The molecule has 3 heterocycles. The van der Waals surface area contributed by atoms with Gasteiger partial charge < -0.3 is 24.0 Å². The van der Waals surface area contributed by atoms with Gasteiger partial charge in [-0.3, -0.25) is 9.59 Å². The third kappa shape index (κ3) is 4.01. The molecule has 182 valence electrons. The molecule has 8 nitrogen and oxygen atoms in total. The molecular formula is C28H25N3O5. The third-order valence-electron chi connectivity index (χ3n) is 6.27. The summed E-state index contributed by atoms with van der Waals surface area (Å²) in [6.07, 6.45) is 5.30. The summed E-state index contributed by atoms with van der Waals surface area (Å²) in [5.74, 6) is -0.0904. The lowest BCUT2D eigenvalue weighted by atomic mass is 9.99. The highest BCUT2D eigenvalue weighted by atomic mass is 16.5. The van der Waals surface area contributed by atoms with Crippen LogP contribution < -0.4 is 4.74 Å². The number of likely N-dealkylation sites (N-methyl/N-ethyl adjacent to an activating group) is 1. The van der Waals surface area contributed by atoms with Gasteiger partial charge in [0, 0.05) is 56.7 Å². The largest absolute Gasteiger partial charge is 0.507 e. The van der Waals surface area contributed by atoms with Gasteiger partial charge in [-0.25, -0.2) is 4.98 Å². The van der Waals surface area contributed by atoms with Crippen molar-refractivity contribution in [3.05, 3.63) is 83.4 Å². The van der Waals surface area contributed by atoms with Crippen molar-refractivity contribution in [3.63, 3.8) is 0 Å². The van der Waals surface area contributed by atoms with Crippen LogP contribution in [0.2, 0.25) is 0 Å². The number of ketones is 1. The van der Waals surface area contributed by atoms with E-state index in [2.05, 4.69) is 4.98 Å².